The van der Waals surface area contributed by atoms with Crippen molar-refractivity contribution in [3.05, 3.63) is 47.8 Å². The van der Waals surface area contributed by atoms with E-state index in [1.807, 2.05) is 12.1 Å². The maximum absolute atomic E-state index is 11.2. The van der Waals surface area contributed by atoms with E-state index in [9.17, 15) is 13.5 Å². The van der Waals surface area contributed by atoms with Gasteiger partial charge in [0.1, 0.15) is 18.2 Å². The second kappa shape index (κ2) is 8.23. The van der Waals surface area contributed by atoms with Crippen LogP contribution in [0, 0.1) is 5.92 Å². The Morgan fingerprint density at radius 3 is 2.86 bits per heavy atom. The Morgan fingerprint density at radius 1 is 1.24 bits per heavy atom. The summed E-state index contributed by atoms with van der Waals surface area (Å²) >= 11 is 0. The van der Waals surface area contributed by atoms with Crippen molar-refractivity contribution in [3.8, 4) is 5.88 Å². The average molecular weight is 420 g/mol. The maximum atomic E-state index is 11.2. The number of ether oxygens (including phenoxy) is 1. The van der Waals surface area contributed by atoms with Crippen molar-refractivity contribution in [1.29, 1.82) is 0 Å². The fourth-order valence-corrected chi connectivity index (χ4v) is 4.74. The average Bonchev–Trinajstić information content (AvgIpc) is 3.24. The maximum Gasteiger partial charge on any atom is 0.333 e. The van der Waals surface area contributed by atoms with Gasteiger partial charge in [-0.25, -0.2) is 15.1 Å². The molecule has 1 aromatic carbocycles. The molecule has 1 saturated carbocycles. The molecule has 2 aliphatic rings. The molecular weight excluding hydrogens is 396 g/mol. The molecule has 0 radical (unpaired) electrons. The summed E-state index contributed by atoms with van der Waals surface area (Å²) in [7, 11) is -4.09. The van der Waals surface area contributed by atoms with E-state index in [0.717, 1.165) is 12.8 Å². The van der Waals surface area contributed by atoms with Crippen molar-refractivity contribution in [2.45, 2.75) is 43.9 Å². The summed E-state index contributed by atoms with van der Waals surface area (Å²) in [5, 5.41) is 17.9. The van der Waals surface area contributed by atoms with Crippen LogP contribution in [0.5, 0.6) is 5.88 Å². The summed E-state index contributed by atoms with van der Waals surface area (Å²) in [6, 6.07) is 10.3. The molecule has 2 aromatic rings. The lowest BCUT2D eigenvalue weighted by Crippen LogP contribution is -2.28. The van der Waals surface area contributed by atoms with E-state index in [1.165, 1.54) is 17.5 Å². The van der Waals surface area contributed by atoms with E-state index in [2.05, 4.69) is 27.4 Å². The molecule has 1 heterocycles. The van der Waals surface area contributed by atoms with Crippen LogP contribution < -0.4 is 15.2 Å². The van der Waals surface area contributed by atoms with Crippen LogP contribution in [-0.4, -0.2) is 42.3 Å². The van der Waals surface area contributed by atoms with Gasteiger partial charge in [0.2, 0.25) is 5.88 Å². The first-order chi connectivity index (χ1) is 13.9. The summed E-state index contributed by atoms with van der Waals surface area (Å²) in [5.41, 5.74) is 2.62. The molecule has 4 N–H and O–H groups in total. The number of hydrogen-bond donors (Lipinski definition) is 3. The number of aliphatic hydroxyl groups excluding tert-OH is 1. The van der Waals surface area contributed by atoms with Crippen molar-refractivity contribution in [1.82, 2.24) is 9.97 Å². The van der Waals surface area contributed by atoms with E-state index in [1.54, 1.807) is 6.07 Å². The Labute approximate surface area is 169 Å². The van der Waals surface area contributed by atoms with Gasteiger partial charge in [0.15, 0.2) is 0 Å². The minimum Gasteiger partial charge on any atom is -0.474 e. The van der Waals surface area contributed by atoms with Crippen LogP contribution in [0.15, 0.2) is 36.7 Å². The highest BCUT2D eigenvalue weighted by molar-refractivity contribution is 7.84. The van der Waals surface area contributed by atoms with Gasteiger partial charge in [-0.1, -0.05) is 24.3 Å². The van der Waals surface area contributed by atoms with Crippen LogP contribution in [0.3, 0.4) is 0 Å². The molecule has 4 rings (SSSR count). The van der Waals surface area contributed by atoms with E-state index in [0.29, 0.717) is 24.5 Å². The quantitative estimate of drug-likeness (QED) is 0.610. The Hall–Kier alpha value is -2.27. The van der Waals surface area contributed by atoms with Gasteiger partial charge < -0.3 is 15.2 Å². The Kier molecular flexibility index (Phi) is 5.68. The number of benzene rings is 1. The van der Waals surface area contributed by atoms with Gasteiger partial charge in [0, 0.05) is 25.0 Å². The number of anilines is 1. The number of hydrogen-bond acceptors (Lipinski definition) is 8. The first kappa shape index (κ1) is 20.0. The minimum absolute atomic E-state index is 0.187. The third-order valence-corrected chi connectivity index (χ3v) is 5.98. The Bertz CT molecular complexity index is 971. The number of nitrogens with two attached hydrogens (primary N) is 1. The summed E-state index contributed by atoms with van der Waals surface area (Å²) in [5.74, 6) is 0.671. The summed E-state index contributed by atoms with van der Waals surface area (Å²) < 4.78 is 33.2. The van der Waals surface area contributed by atoms with Crippen LogP contribution in [0.25, 0.3) is 0 Å². The van der Waals surface area contributed by atoms with Crippen molar-refractivity contribution in [2.75, 3.05) is 11.9 Å². The van der Waals surface area contributed by atoms with Crippen LogP contribution in [0.1, 0.15) is 36.4 Å². The second-order valence-corrected chi connectivity index (χ2v) is 8.64. The molecule has 1 unspecified atom stereocenters. The van der Waals surface area contributed by atoms with Gasteiger partial charge in [-0.05, 0) is 30.4 Å². The largest absolute Gasteiger partial charge is 0.474 e. The van der Waals surface area contributed by atoms with Crippen LogP contribution in [-0.2, 0) is 20.9 Å². The first-order valence-corrected chi connectivity index (χ1v) is 11.0. The lowest BCUT2D eigenvalue weighted by Gasteiger charge is -2.16. The molecule has 0 spiro atoms. The van der Waals surface area contributed by atoms with E-state index in [-0.39, 0.29) is 24.7 Å². The first-order valence-electron chi connectivity index (χ1n) is 9.56. The predicted molar refractivity (Wildman–Crippen MR) is 105 cm³/mol. The third-order valence-electron chi connectivity index (χ3n) is 5.46. The molecule has 29 heavy (non-hydrogen) atoms. The highest BCUT2D eigenvalue weighted by atomic mass is 32.2. The molecule has 4 atom stereocenters. The number of rotatable bonds is 7. The lowest BCUT2D eigenvalue weighted by molar-refractivity contribution is 0.115. The number of nitrogens with one attached hydrogen (secondary N) is 1. The molecular formula is C19H24N4O5S. The zero-order valence-corrected chi connectivity index (χ0v) is 16.6. The Morgan fingerprint density at radius 2 is 2.07 bits per heavy atom. The van der Waals surface area contributed by atoms with Crippen LogP contribution in [0.4, 0.5) is 5.82 Å². The number of fused-ring (bicyclic) bond motifs is 1. The van der Waals surface area contributed by atoms with E-state index >= 15 is 0 Å². The van der Waals surface area contributed by atoms with Gasteiger partial charge in [0.25, 0.3) is 0 Å². The van der Waals surface area contributed by atoms with Gasteiger partial charge >= 0.3 is 10.3 Å². The fourth-order valence-electron chi connectivity index (χ4n) is 4.15. The zero-order valence-electron chi connectivity index (χ0n) is 15.8. The number of aryl methyl sites for hydroxylation is 1. The predicted octanol–water partition coefficient (Wildman–Crippen LogP) is 1.31. The van der Waals surface area contributed by atoms with Crippen LogP contribution in [0.2, 0.25) is 0 Å². The highest BCUT2D eigenvalue weighted by Crippen LogP contribution is 2.34. The Balaban J connectivity index is 1.41. The SMILES string of the molecule is NS(=O)(=O)O[C@H]1C[C@H](Oc2cc(NC3CCc4ccccc43)ncn2)C[C@H]1CO. The molecule has 2 aliphatic carbocycles. The normalized spacial score (nSPS) is 26.3. The minimum atomic E-state index is -4.09. The number of aliphatic hydroxyl groups is 1. The molecule has 1 fully saturated rings. The molecule has 0 aliphatic heterocycles. The van der Waals surface area contributed by atoms with Gasteiger partial charge in [-0.2, -0.15) is 8.42 Å². The smallest absolute Gasteiger partial charge is 0.333 e. The molecule has 0 saturated heterocycles. The second-order valence-electron chi connectivity index (χ2n) is 7.46. The summed E-state index contributed by atoms with van der Waals surface area (Å²) in [6.45, 7) is -0.211. The van der Waals surface area contributed by atoms with Crippen molar-refractivity contribution in [3.63, 3.8) is 0 Å². The van der Waals surface area contributed by atoms with Crippen LogP contribution >= 0.6 is 0 Å². The van der Waals surface area contributed by atoms with Gasteiger partial charge in [-0.3, -0.25) is 4.18 Å². The number of nitrogens with zero attached hydrogens (tertiary/aromatic N) is 2. The molecule has 9 nitrogen and oxygen atoms in total. The molecule has 0 bridgehead atoms. The standard InChI is InChI=1S/C19H24N4O5S/c20-29(25,26)28-17-8-14(7-13(17)10-24)27-19-9-18(21-11-22-19)23-16-6-5-12-3-1-2-4-15(12)16/h1-4,9,11,13-14,16-17,24H,5-8,10H2,(H2,20,25,26)(H,21,22,23)/t13-,14+,16?,17-/m0/s1. The van der Waals surface area contributed by atoms with Gasteiger partial charge in [-0.15, -0.1) is 0 Å². The van der Waals surface area contributed by atoms with Crippen molar-refractivity contribution in [2.24, 2.45) is 11.1 Å². The zero-order chi connectivity index (χ0) is 20.4. The fraction of sp³-hybridized carbons (Fsp3) is 0.474. The summed E-state index contributed by atoms with van der Waals surface area (Å²) in [4.78, 5) is 8.43. The topological polar surface area (TPSA) is 137 Å². The highest BCUT2D eigenvalue weighted by Gasteiger charge is 2.38. The third kappa shape index (κ3) is 4.84. The van der Waals surface area contributed by atoms with E-state index in [4.69, 9.17) is 14.1 Å². The molecule has 1 aromatic heterocycles. The molecule has 156 valence electrons. The molecule has 0 amide bonds. The van der Waals surface area contributed by atoms with Gasteiger partial charge in [0.05, 0.1) is 12.1 Å². The molecule has 10 heteroatoms. The monoisotopic (exact) mass is 420 g/mol. The van der Waals surface area contributed by atoms with Crippen molar-refractivity contribution < 1.29 is 22.4 Å². The van der Waals surface area contributed by atoms with Crippen molar-refractivity contribution >= 4 is 16.1 Å². The van der Waals surface area contributed by atoms with E-state index < -0.39 is 16.4 Å². The number of aromatic nitrogens is 2. The summed E-state index contributed by atoms with van der Waals surface area (Å²) in [6.07, 6.45) is 3.13. The lowest BCUT2D eigenvalue weighted by atomic mass is 10.1.